The van der Waals surface area contributed by atoms with Crippen LogP contribution in [0.4, 0.5) is 5.69 Å². The molecule has 0 amide bonds. The molecular formula is C10H5NO6. The predicted molar refractivity (Wildman–Crippen MR) is 56.1 cm³/mol. The normalized spacial score (nSPS) is 10.4. The van der Waals surface area contributed by atoms with Crippen molar-refractivity contribution in [3.63, 3.8) is 0 Å². The second kappa shape index (κ2) is 3.71. The second-order valence-electron chi connectivity index (χ2n) is 3.21. The van der Waals surface area contributed by atoms with E-state index in [-0.39, 0.29) is 16.7 Å². The number of nitrogens with zero attached hydrogens (tertiary/aromatic N) is 1. The van der Waals surface area contributed by atoms with E-state index in [0.29, 0.717) is 0 Å². The number of aromatic carboxylic acids is 1. The van der Waals surface area contributed by atoms with Gasteiger partial charge in [-0.2, -0.15) is 0 Å². The third-order valence-electron chi connectivity index (χ3n) is 2.17. The third-order valence-corrected chi connectivity index (χ3v) is 2.17. The smallest absolute Gasteiger partial charge is 0.351 e. The molecule has 17 heavy (non-hydrogen) atoms. The van der Waals surface area contributed by atoms with E-state index in [1.54, 1.807) is 0 Å². The van der Waals surface area contributed by atoms with Crippen molar-refractivity contribution in [2.24, 2.45) is 0 Å². The van der Waals surface area contributed by atoms with Crippen LogP contribution >= 0.6 is 0 Å². The number of carboxylic acids is 1. The summed E-state index contributed by atoms with van der Waals surface area (Å²) in [5.41, 5.74) is -2.28. The highest BCUT2D eigenvalue weighted by Crippen LogP contribution is 2.24. The molecule has 2 aromatic rings. The van der Waals surface area contributed by atoms with Crippen molar-refractivity contribution in [2.75, 3.05) is 0 Å². The van der Waals surface area contributed by atoms with Gasteiger partial charge in [0.2, 0.25) is 5.58 Å². The lowest BCUT2D eigenvalue weighted by atomic mass is 10.1. The molecule has 0 aliphatic rings. The Morgan fingerprint density at radius 1 is 1.41 bits per heavy atom. The first-order valence-corrected chi connectivity index (χ1v) is 4.45. The van der Waals surface area contributed by atoms with Gasteiger partial charge in [-0.25, -0.2) is 9.59 Å². The number of nitro groups is 1. The Hall–Kier alpha value is -2.70. The number of fused-ring (bicyclic) bond motifs is 1. The Morgan fingerprint density at radius 3 is 2.71 bits per heavy atom. The highest BCUT2D eigenvalue weighted by atomic mass is 16.6. The fraction of sp³-hybridized carbons (Fsp3) is 0. The monoisotopic (exact) mass is 235 g/mol. The van der Waals surface area contributed by atoms with Crippen molar-refractivity contribution in [3.8, 4) is 0 Å². The van der Waals surface area contributed by atoms with Crippen LogP contribution in [0.25, 0.3) is 11.0 Å². The molecule has 1 aromatic heterocycles. The zero-order chi connectivity index (χ0) is 12.6. The van der Waals surface area contributed by atoms with Gasteiger partial charge in [0.15, 0.2) is 0 Å². The quantitative estimate of drug-likeness (QED) is 0.478. The van der Waals surface area contributed by atoms with Gasteiger partial charge >= 0.3 is 17.3 Å². The zero-order valence-corrected chi connectivity index (χ0v) is 8.25. The van der Waals surface area contributed by atoms with Gasteiger partial charge in [-0.15, -0.1) is 0 Å². The number of para-hydroxylation sites is 1. The average molecular weight is 235 g/mol. The minimum atomic E-state index is -1.44. The number of carboxylic acid groups (broad SMARTS) is 1. The van der Waals surface area contributed by atoms with Crippen LogP contribution in [0.5, 0.6) is 0 Å². The summed E-state index contributed by atoms with van der Waals surface area (Å²) in [5, 5.41) is 19.6. The zero-order valence-electron chi connectivity index (χ0n) is 8.25. The van der Waals surface area contributed by atoms with Crippen molar-refractivity contribution >= 4 is 22.6 Å². The largest absolute Gasteiger partial charge is 0.477 e. The number of benzene rings is 1. The van der Waals surface area contributed by atoms with Crippen LogP contribution in [0.15, 0.2) is 33.5 Å². The molecule has 0 aliphatic carbocycles. The first-order valence-electron chi connectivity index (χ1n) is 4.45. The van der Waals surface area contributed by atoms with Gasteiger partial charge in [-0.05, 0) is 6.07 Å². The van der Waals surface area contributed by atoms with Crippen LogP contribution < -0.4 is 5.63 Å². The molecule has 0 saturated carbocycles. The minimum absolute atomic E-state index is 0.191. The summed E-state index contributed by atoms with van der Waals surface area (Å²) in [6.07, 6.45) is 0. The molecular weight excluding hydrogens is 230 g/mol. The number of nitro benzene ring substituents is 1. The number of non-ortho nitro benzene ring substituents is 1. The highest BCUT2D eigenvalue weighted by Gasteiger charge is 2.18. The Kier molecular flexibility index (Phi) is 2.36. The molecule has 0 unspecified atom stereocenters. The Labute approximate surface area is 93.1 Å². The first-order chi connectivity index (χ1) is 8.00. The van der Waals surface area contributed by atoms with Crippen LogP contribution in [-0.2, 0) is 0 Å². The third kappa shape index (κ3) is 1.73. The molecule has 1 aromatic carbocycles. The number of hydrogen-bond acceptors (Lipinski definition) is 5. The summed E-state index contributed by atoms with van der Waals surface area (Å²) in [6.45, 7) is 0. The van der Waals surface area contributed by atoms with Crippen LogP contribution in [0.1, 0.15) is 10.4 Å². The van der Waals surface area contributed by atoms with Gasteiger partial charge in [0.25, 0.3) is 0 Å². The van der Waals surface area contributed by atoms with Crippen LogP contribution in [0.3, 0.4) is 0 Å². The maximum atomic E-state index is 11.3. The summed E-state index contributed by atoms with van der Waals surface area (Å²) >= 11 is 0. The van der Waals surface area contributed by atoms with E-state index < -0.39 is 22.1 Å². The summed E-state index contributed by atoms with van der Waals surface area (Å²) in [5.74, 6) is -1.44. The van der Waals surface area contributed by atoms with E-state index in [1.165, 1.54) is 18.2 Å². The molecule has 0 atom stereocenters. The molecule has 1 N–H and O–H groups in total. The maximum Gasteiger partial charge on any atom is 0.351 e. The lowest BCUT2D eigenvalue weighted by molar-refractivity contribution is -0.383. The number of carbonyl (C=O) groups is 1. The van der Waals surface area contributed by atoms with Gasteiger partial charge < -0.3 is 9.52 Å². The van der Waals surface area contributed by atoms with Crippen LogP contribution in [0.2, 0.25) is 0 Å². The fourth-order valence-electron chi connectivity index (χ4n) is 1.42. The van der Waals surface area contributed by atoms with Crippen LogP contribution in [0, 0.1) is 10.1 Å². The van der Waals surface area contributed by atoms with Gasteiger partial charge in [0.05, 0.1) is 4.92 Å². The fourth-order valence-corrected chi connectivity index (χ4v) is 1.42. The standard InChI is InChI=1S/C10H5NO6/c12-9(13)6-4-5-2-1-3-7(11(15)16)8(5)17-10(6)14/h1-4H,(H,12,13). The molecule has 0 bridgehead atoms. The maximum absolute atomic E-state index is 11.3. The summed E-state index contributed by atoms with van der Waals surface area (Å²) in [7, 11) is 0. The lowest BCUT2D eigenvalue weighted by Crippen LogP contribution is -2.13. The van der Waals surface area contributed by atoms with Crippen molar-refractivity contribution < 1.29 is 19.2 Å². The molecule has 0 fully saturated rings. The molecule has 0 spiro atoms. The number of rotatable bonds is 2. The topological polar surface area (TPSA) is 111 Å². The van der Waals surface area contributed by atoms with Gasteiger partial charge in [0.1, 0.15) is 5.56 Å². The molecule has 0 radical (unpaired) electrons. The molecule has 1 heterocycles. The lowest BCUT2D eigenvalue weighted by Gasteiger charge is -1.98. The highest BCUT2D eigenvalue weighted by molar-refractivity contribution is 5.93. The molecule has 0 aliphatic heterocycles. The molecule has 0 saturated heterocycles. The van der Waals surface area contributed by atoms with E-state index in [1.807, 2.05) is 0 Å². The van der Waals surface area contributed by atoms with Crippen molar-refractivity contribution in [2.45, 2.75) is 0 Å². The van der Waals surface area contributed by atoms with E-state index in [9.17, 15) is 19.7 Å². The first kappa shape index (κ1) is 10.8. The summed E-state index contributed by atoms with van der Waals surface area (Å²) < 4.78 is 4.67. The van der Waals surface area contributed by atoms with Crippen molar-refractivity contribution in [1.82, 2.24) is 0 Å². The Bertz CT molecular complexity index is 687. The van der Waals surface area contributed by atoms with E-state index in [2.05, 4.69) is 4.42 Å². The van der Waals surface area contributed by atoms with Gasteiger partial charge in [-0.1, -0.05) is 12.1 Å². The van der Waals surface area contributed by atoms with Gasteiger partial charge in [-0.3, -0.25) is 10.1 Å². The van der Waals surface area contributed by atoms with E-state index in [0.717, 1.165) is 6.07 Å². The SMILES string of the molecule is O=C(O)c1cc2cccc([N+](=O)[O-])c2oc1=O. The molecule has 86 valence electrons. The van der Waals surface area contributed by atoms with Gasteiger partial charge in [0, 0.05) is 11.5 Å². The Morgan fingerprint density at radius 2 is 2.12 bits per heavy atom. The molecule has 7 nitrogen and oxygen atoms in total. The van der Waals surface area contributed by atoms with Crippen LogP contribution in [-0.4, -0.2) is 16.0 Å². The second-order valence-corrected chi connectivity index (χ2v) is 3.21. The Balaban J connectivity index is 2.87. The number of hydrogen-bond donors (Lipinski definition) is 1. The summed E-state index contributed by atoms with van der Waals surface area (Å²) in [4.78, 5) is 31.9. The molecule has 2 rings (SSSR count). The van der Waals surface area contributed by atoms with Crippen molar-refractivity contribution in [1.29, 1.82) is 0 Å². The summed E-state index contributed by atoms with van der Waals surface area (Å²) in [6, 6.07) is 5.03. The minimum Gasteiger partial charge on any atom is -0.477 e. The van der Waals surface area contributed by atoms with E-state index >= 15 is 0 Å². The predicted octanol–water partition coefficient (Wildman–Crippen LogP) is 1.40. The van der Waals surface area contributed by atoms with E-state index in [4.69, 9.17) is 5.11 Å². The molecule has 7 heteroatoms. The average Bonchev–Trinajstić information content (AvgIpc) is 2.26. The van der Waals surface area contributed by atoms with Crippen molar-refractivity contribution in [3.05, 3.63) is 50.4 Å².